The van der Waals surface area contributed by atoms with Gasteiger partial charge in [-0.25, -0.2) is 0 Å². The molecule has 104 valence electrons. The normalized spacial score (nSPS) is 19.2. The van der Waals surface area contributed by atoms with Crippen LogP contribution in [0.15, 0.2) is 36.4 Å². The summed E-state index contributed by atoms with van der Waals surface area (Å²) in [5, 5.41) is 2.80. The van der Waals surface area contributed by atoms with E-state index < -0.39 is 0 Å². The van der Waals surface area contributed by atoms with Gasteiger partial charge in [-0.2, -0.15) is 0 Å². The van der Waals surface area contributed by atoms with E-state index in [9.17, 15) is 0 Å². The van der Waals surface area contributed by atoms with Crippen LogP contribution in [-0.2, 0) is 0 Å². The minimum absolute atomic E-state index is 1.22. The summed E-state index contributed by atoms with van der Waals surface area (Å²) in [6.07, 6.45) is 5.35. The molecule has 0 bridgehead atoms. The monoisotopic (exact) mass is 266 g/mol. The minimum Gasteiger partial charge on any atom is -0.370 e. The van der Waals surface area contributed by atoms with Crippen LogP contribution in [-0.4, -0.2) is 26.2 Å². The molecule has 0 unspecified atom stereocenters. The molecule has 4 rings (SSSR count). The van der Waals surface area contributed by atoms with Gasteiger partial charge in [0.05, 0.1) is 11.4 Å². The van der Waals surface area contributed by atoms with Crippen molar-refractivity contribution in [2.45, 2.75) is 25.7 Å². The minimum atomic E-state index is 1.22. The molecule has 0 amide bonds. The van der Waals surface area contributed by atoms with Crippen LogP contribution in [0.4, 0.5) is 11.4 Å². The van der Waals surface area contributed by atoms with Crippen molar-refractivity contribution in [1.29, 1.82) is 0 Å². The first-order valence-electron chi connectivity index (χ1n) is 7.95. The Bertz CT molecular complexity index is 608. The maximum Gasteiger partial charge on any atom is 0.0683 e. The van der Waals surface area contributed by atoms with E-state index in [0.717, 1.165) is 0 Å². The van der Waals surface area contributed by atoms with Gasteiger partial charge in [-0.05, 0) is 37.1 Å². The highest BCUT2D eigenvalue weighted by Crippen LogP contribution is 2.39. The summed E-state index contributed by atoms with van der Waals surface area (Å²) in [7, 11) is 0. The second-order valence-electron chi connectivity index (χ2n) is 6.04. The van der Waals surface area contributed by atoms with E-state index in [1.165, 1.54) is 74.0 Å². The van der Waals surface area contributed by atoms with Crippen LogP contribution in [0.3, 0.4) is 0 Å². The van der Waals surface area contributed by atoms with Gasteiger partial charge >= 0.3 is 0 Å². The second kappa shape index (κ2) is 5.01. The van der Waals surface area contributed by atoms with Gasteiger partial charge in [0.1, 0.15) is 0 Å². The van der Waals surface area contributed by atoms with Crippen LogP contribution in [0, 0.1) is 0 Å². The highest BCUT2D eigenvalue weighted by molar-refractivity contribution is 6.01. The van der Waals surface area contributed by atoms with E-state index in [2.05, 4.69) is 46.2 Å². The quantitative estimate of drug-likeness (QED) is 0.809. The fraction of sp³-hybridized carbons (Fsp3) is 0.444. The van der Waals surface area contributed by atoms with E-state index in [4.69, 9.17) is 0 Å². The molecule has 0 spiro atoms. The molecule has 2 aromatic rings. The number of anilines is 2. The molecule has 0 radical (unpaired) electrons. The van der Waals surface area contributed by atoms with E-state index in [-0.39, 0.29) is 0 Å². The van der Waals surface area contributed by atoms with Gasteiger partial charge in [-0.15, -0.1) is 0 Å². The Kier molecular flexibility index (Phi) is 3.02. The van der Waals surface area contributed by atoms with Crippen molar-refractivity contribution in [2.75, 3.05) is 36.0 Å². The van der Waals surface area contributed by atoms with Gasteiger partial charge < -0.3 is 9.80 Å². The van der Waals surface area contributed by atoms with Crippen LogP contribution >= 0.6 is 0 Å². The molecule has 0 aliphatic carbocycles. The molecule has 2 nitrogen and oxygen atoms in total. The molecule has 20 heavy (non-hydrogen) atoms. The molecule has 2 fully saturated rings. The number of fused-ring (bicyclic) bond motifs is 1. The van der Waals surface area contributed by atoms with Gasteiger partial charge in [-0.1, -0.05) is 30.3 Å². The van der Waals surface area contributed by atoms with Crippen LogP contribution in [0.25, 0.3) is 10.8 Å². The lowest BCUT2D eigenvalue weighted by Gasteiger charge is -2.28. The predicted octanol–water partition coefficient (Wildman–Crippen LogP) is 4.04. The fourth-order valence-electron chi connectivity index (χ4n) is 3.73. The van der Waals surface area contributed by atoms with Crippen molar-refractivity contribution < 1.29 is 0 Å². The largest absolute Gasteiger partial charge is 0.370 e. The zero-order chi connectivity index (χ0) is 13.4. The Morgan fingerprint density at radius 1 is 0.650 bits per heavy atom. The van der Waals surface area contributed by atoms with Crippen molar-refractivity contribution in [3.63, 3.8) is 0 Å². The van der Waals surface area contributed by atoms with Crippen LogP contribution in [0.5, 0.6) is 0 Å². The number of hydrogen-bond acceptors (Lipinski definition) is 2. The van der Waals surface area contributed by atoms with Crippen LogP contribution in [0.2, 0.25) is 0 Å². The Morgan fingerprint density at radius 2 is 1.30 bits per heavy atom. The zero-order valence-corrected chi connectivity index (χ0v) is 12.0. The SMILES string of the molecule is c1ccc2c(N3CCCC3)c(N3CCCC3)ccc2c1. The molecule has 0 aromatic heterocycles. The molecule has 2 aromatic carbocycles. The highest BCUT2D eigenvalue weighted by Gasteiger charge is 2.22. The number of nitrogens with zero attached hydrogens (tertiary/aromatic N) is 2. The Morgan fingerprint density at radius 3 is 2.05 bits per heavy atom. The van der Waals surface area contributed by atoms with Crippen molar-refractivity contribution in [2.24, 2.45) is 0 Å². The number of rotatable bonds is 2. The first-order chi connectivity index (χ1) is 9.93. The smallest absolute Gasteiger partial charge is 0.0683 e. The average Bonchev–Trinajstić information content (AvgIpc) is 3.19. The first kappa shape index (κ1) is 12.1. The van der Waals surface area contributed by atoms with Crippen molar-refractivity contribution in [3.05, 3.63) is 36.4 Å². The third-order valence-electron chi connectivity index (χ3n) is 4.75. The Labute approximate surface area is 121 Å². The second-order valence-corrected chi connectivity index (χ2v) is 6.04. The van der Waals surface area contributed by atoms with E-state index in [1.54, 1.807) is 0 Å². The predicted molar refractivity (Wildman–Crippen MR) is 86.8 cm³/mol. The van der Waals surface area contributed by atoms with Crippen molar-refractivity contribution in [1.82, 2.24) is 0 Å². The maximum absolute atomic E-state index is 2.61. The molecule has 2 heteroatoms. The molecule has 2 heterocycles. The van der Waals surface area contributed by atoms with Gasteiger partial charge in [-0.3, -0.25) is 0 Å². The van der Waals surface area contributed by atoms with E-state index >= 15 is 0 Å². The average molecular weight is 266 g/mol. The summed E-state index contributed by atoms with van der Waals surface area (Å²) in [6.45, 7) is 4.88. The lowest BCUT2D eigenvalue weighted by Crippen LogP contribution is -2.24. The first-order valence-corrected chi connectivity index (χ1v) is 7.95. The van der Waals surface area contributed by atoms with Gasteiger partial charge in [0.2, 0.25) is 0 Å². The third-order valence-corrected chi connectivity index (χ3v) is 4.75. The molecule has 0 N–H and O–H groups in total. The van der Waals surface area contributed by atoms with Gasteiger partial charge in [0.15, 0.2) is 0 Å². The lowest BCUT2D eigenvalue weighted by atomic mass is 10.1. The van der Waals surface area contributed by atoms with Gasteiger partial charge in [0.25, 0.3) is 0 Å². The van der Waals surface area contributed by atoms with Crippen molar-refractivity contribution >= 4 is 22.1 Å². The summed E-state index contributed by atoms with van der Waals surface area (Å²) >= 11 is 0. The number of hydrogen-bond donors (Lipinski definition) is 0. The fourth-order valence-corrected chi connectivity index (χ4v) is 3.73. The maximum atomic E-state index is 2.61. The lowest BCUT2D eigenvalue weighted by molar-refractivity contribution is 0.932. The van der Waals surface area contributed by atoms with Crippen LogP contribution in [0.1, 0.15) is 25.7 Å². The van der Waals surface area contributed by atoms with Gasteiger partial charge in [0, 0.05) is 31.6 Å². The molecule has 2 saturated heterocycles. The zero-order valence-electron chi connectivity index (χ0n) is 12.0. The summed E-state index contributed by atoms with van der Waals surface area (Å²) in [5.74, 6) is 0. The molecule has 0 atom stereocenters. The summed E-state index contributed by atoms with van der Waals surface area (Å²) in [4.78, 5) is 5.19. The molecular formula is C18H22N2. The summed E-state index contributed by atoms with van der Waals surface area (Å²) in [6, 6.07) is 13.5. The number of benzene rings is 2. The summed E-state index contributed by atoms with van der Waals surface area (Å²) in [5.41, 5.74) is 2.95. The Hall–Kier alpha value is -1.70. The van der Waals surface area contributed by atoms with E-state index in [1.807, 2.05) is 0 Å². The van der Waals surface area contributed by atoms with Crippen LogP contribution < -0.4 is 9.80 Å². The van der Waals surface area contributed by atoms with Crippen molar-refractivity contribution in [3.8, 4) is 0 Å². The molecule has 2 aliphatic rings. The molecule has 0 saturated carbocycles. The Balaban J connectivity index is 1.90. The highest BCUT2D eigenvalue weighted by atomic mass is 15.2. The third kappa shape index (κ3) is 1.94. The standard InChI is InChI=1S/C18H22N2/c1-2-8-16-15(7-1)9-10-17(19-11-3-4-12-19)18(16)20-13-5-6-14-20/h1-2,7-10H,3-6,11-14H2. The molecular weight excluding hydrogens is 244 g/mol. The topological polar surface area (TPSA) is 6.48 Å². The summed E-state index contributed by atoms with van der Waals surface area (Å²) < 4.78 is 0. The van der Waals surface area contributed by atoms with E-state index in [0.29, 0.717) is 0 Å². The molecule has 2 aliphatic heterocycles.